The van der Waals surface area contributed by atoms with Gasteiger partial charge < -0.3 is 15.1 Å². The van der Waals surface area contributed by atoms with Gasteiger partial charge >= 0.3 is 0 Å². The second kappa shape index (κ2) is 5.66. The van der Waals surface area contributed by atoms with Gasteiger partial charge in [0.25, 0.3) is 0 Å². The minimum Gasteiger partial charge on any atom is -0.458 e. The Kier molecular flexibility index (Phi) is 3.73. The molecule has 0 spiro atoms. The molecule has 1 fully saturated rings. The van der Waals surface area contributed by atoms with Gasteiger partial charge in [0.05, 0.1) is 0 Å². The highest BCUT2D eigenvalue weighted by Crippen LogP contribution is 2.23. The number of hydrogen-bond donors (Lipinski definition) is 2. The normalized spacial score (nSPS) is 19.5. The summed E-state index contributed by atoms with van der Waals surface area (Å²) in [6.45, 7) is 4.72. The second-order valence-electron chi connectivity index (χ2n) is 5.29. The zero-order valence-corrected chi connectivity index (χ0v) is 11.8. The van der Waals surface area contributed by atoms with E-state index in [-0.39, 0.29) is 0 Å². The van der Waals surface area contributed by atoms with Crippen molar-refractivity contribution in [1.82, 2.24) is 15.2 Å². The van der Waals surface area contributed by atoms with Crippen molar-refractivity contribution in [1.29, 1.82) is 0 Å². The average molecular weight is 275 g/mol. The molecule has 6 heteroatoms. The van der Waals surface area contributed by atoms with E-state index in [2.05, 4.69) is 27.0 Å². The van der Waals surface area contributed by atoms with Gasteiger partial charge in [-0.1, -0.05) is 6.92 Å². The lowest BCUT2D eigenvalue weighted by molar-refractivity contribution is 0.420. The molecule has 1 unspecified atom stereocenters. The summed E-state index contributed by atoms with van der Waals surface area (Å²) in [5.74, 6) is 3.68. The van der Waals surface area contributed by atoms with Gasteiger partial charge in [-0.25, -0.2) is 0 Å². The Bertz CT molecular complexity index is 561. The van der Waals surface area contributed by atoms with Crippen LogP contribution in [0, 0.1) is 5.92 Å². The van der Waals surface area contributed by atoms with E-state index in [1.54, 1.807) is 0 Å². The number of H-pyrrole nitrogens is 1. The van der Waals surface area contributed by atoms with Crippen molar-refractivity contribution >= 4 is 5.95 Å². The first-order valence-electron chi connectivity index (χ1n) is 7.26. The van der Waals surface area contributed by atoms with Gasteiger partial charge in [-0.3, -0.25) is 5.10 Å². The van der Waals surface area contributed by atoms with Gasteiger partial charge in [0.15, 0.2) is 11.6 Å². The van der Waals surface area contributed by atoms with Crippen molar-refractivity contribution in [2.24, 2.45) is 11.7 Å². The molecule has 0 aromatic carbocycles. The van der Waals surface area contributed by atoms with E-state index in [0.717, 1.165) is 49.9 Å². The van der Waals surface area contributed by atoms with Crippen LogP contribution in [0.3, 0.4) is 0 Å². The fraction of sp³-hybridized carbons (Fsp3) is 0.571. The van der Waals surface area contributed by atoms with E-state index < -0.39 is 0 Å². The van der Waals surface area contributed by atoms with Crippen LogP contribution < -0.4 is 10.6 Å². The highest BCUT2D eigenvalue weighted by atomic mass is 16.3. The molecule has 3 rings (SSSR count). The number of nitrogens with two attached hydrogens (primary N) is 1. The lowest BCUT2D eigenvalue weighted by atomic mass is 9.99. The van der Waals surface area contributed by atoms with Gasteiger partial charge in [-0.2, -0.15) is 4.98 Å². The molecule has 3 N–H and O–H groups in total. The van der Waals surface area contributed by atoms with Crippen LogP contribution in [0.15, 0.2) is 16.5 Å². The summed E-state index contributed by atoms with van der Waals surface area (Å²) in [5, 5.41) is 7.27. The van der Waals surface area contributed by atoms with Crippen molar-refractivity contribution in [2.45, 2.75) is 26.2 Å². The Morgan fingerprint density at radius 3 is 3.15 bits per heavy atom. The predicted octanol–water partition coefficient (Wildman–Crippen LogP) is 1.80. The lowest BCUT2D eigenvalue weighted by Crippen LogP contribution is -2.38. The number of piperidine rings is 1. The third-order valence-corrected chi connectivity index (χ3v) is 3.85. The molecule has 2 aromatic rings. The van der Waals surface area contributed by atoms with Crippen LogP contribution in [0.25, 0.3) is 11.6 Å². The number of furan rings is 1. The first-order valence-corrected chi connectivity index (χ1v) is 7.26. The van der Waals surface area contributed by atoms with E-state index in [9.17, 15) is 0 Å². The molecule has 0 saturated carbocycles. The number of aryl methyl sites for hydroxylation is 1. The molecule has 0 aliphatic carbocycles. The molecule has 6 nitrogen and oxygen atoms in total. The quantitative estimate of drug-likeness (QED) is 0.889. The highest BCUT2D eigenvalue weighted by Gasteiger charge is 2.22. The Hall–Kier alpha value is -1.82. The first-order chi connectivity index (χ1) is 9.80. The Balaban J connectivity index is 1.76. The van der Waals surface area contributed by atoms with E-state index in [0.29, 0.717) is 11.7 Å². The monoisotopic (exact) mass is 275 g/mol. The Morgan fingerprint density at radius 1 is 1.50 bits per heavy atom. The second-order valence-corrected chi connectivity index (χ2v) is 5.29. The van der Waals surface area contributed by atoms with Gasteiger partial charge in [0.2, 0.25) is 5.95 Å². The number of rotatable bonds is 4. The van der Waals surface area contributed by atoms with Crippen LogP contribution in [-0.4, -0.2) is 34.8 Å². The van der Waals surface area contributed by atoms with Gasteiger partial charge in [0.1, 0.15) is 5.76 Å². The predicted molar refractivity (Wildman–Crippen MR) is 77.5 cm³/mol. The van der Waals surface area contributed by atoms with Crippen molar-refractivity contribution in [3.8, 4) is 11.6 Å². The minimum atomic E-state index is 0.543. The summed E-state index contributed by atoms with van der Waals surface area (Å²) in [6.07, 6.45) is 3.22. The van der Waals surface area contributed by atoms with Crippen LogP contribution in [0.1, 0.15) is 25.5 Å². The lowest BCUT2D eigenvalue weighted by Gasteiger charge is -2.31. The average Bonchev–Trinajstić information content (AvgIpc) is 3.15. The summed E-state index contributed by atoms with van der Waals surface area (Å²) >= 11 is 0. The van der Waals surface area contributed by atoms with E-state index in [1.165, 1.54) is 6.42 Å². The summed E-state index contributed by atoms with van der Waals surface area (Å²) in [7, 11) is 0. The van der Waals surface area contributed by atoms with Gasteiger partial charge in [-0.05, 0) is 37.4 Å². The molecule has 20 heavy (non-hydrogen) atoms. The largest absolute Gasteiger partial charge is 0.458 e. The summed E-state index contributed by atoms with van der Waals surface area (Å²) in [6, 6.07) is 3.91. The maximum Gasteiger partial charge on any atom is 0.245 e. The molecule has 1 saturated heterocycles. The van der Waals surface area contributed by atoms with Crippen molar-refractivity contribution in [3.63, 3.8) is 0 Å². The standard InChI is InChI=1S/C14H21N5O/c1-2-11-5-6-12(20-11)13-16-14(18-17-13)19-7-3-4-10(8-15)9-19/h5-6,10H,2-4,7-9,15H2,1H3,(H,16,17,18). The van der Waals surface area contributed by atoms with Crippen molar-refractivity contribution in [2.75, 3.05) is 24.5 Å². The smallest absolute Gasteiger partial charge is 0.245 e. The van der Waals surface area contributed by atoms with E-state index >= 15 is 0 Å². The number of aromatic amines is 1. The van der Waals surface area contributed by atoms with Gasteiger partial charge in [-0.15, -0.1) is 5.10 Å². The Labute approximate surface area is 118 Å². The number of aromatic nitrogens is 3. The van der Waals surface area contributed by atoms with Crippen LogP contribution in [-0.2, 0) is 6.42 Å². The van der Waals surface area contributed by atoms with Crippen molar-refractivity contribution in [3.05, 3.63) is 17.9 Å². The third kappa shape index (κ3) is 2.56. The fourth-order valence-electron chi connectivity index (χ4n) is 2.64. The summed E-state index contributed by atoms with van der Waals surface area (Å²) in [4.78, 5) is 6.74. The summed E-state index contributed by atoms with van der Waals surface area (Å²) < 4.78 is 5.69. The number of nitrogens with one attached hydrogen (secondary N) is 1. The molecule has 2 aromatic heterocycles. The third-order valence-electron chi connectivity index (χ3n) is 3.85. The van der Waals surface area contributed by atoms with Crippen molar-refractivity contribution < 1.29 is 4.42 Å². The van der Waals surface area contributed by atoms with Crippen LogP contribution >= 0.6 is 0 Å². The first kappa shape index (κ1) is 13.2. The SMILES string of the molecule is CCc1ccc(-c2nc(N3CCCC(CN)C3)n[nH]2)o1. The fourth-order valence-corrected chi connectivity index (χ4v) is 2.64. The minimum absolute atomic E-state index is 0.543. The summed E-state index contributed by atoms with van der Waals surface area (Å²) in [5.41, 5.74) is 5.77. The Morgan fingerprint density at radius 2 is 2.40 bits per heavy atom. The van der Waals surface area contributed by atoms with Crippen LogP contribution in [0.5, 0.6) is 0 Å². The molecule has 0 radical (unpaired) electrons. The zero-order valence-electron chi connectivity index (χ0n) is 11.8. The van der Waals surface area contributed by atoms with Crippen LogP contribution in [0.2, 0.25) is 0 Å². The number of hydrogen-bond acceptors (Lipinski definition) is 5. The molecule has 3 heterocycles. The van der Waals surface area contributed by atoms with E-state index in [4.69, 9.17) is 10.2 Å². The molecule has 0 amide bonds. The molecular formula is C14H21N5O. The topological polar surface area (TPSA) is 84.0 Å². The number of nitrogens with zero attached hydrogens (tertiary/aromatic N) is 3. The molecule has 0 bridgehead atoms. The molecule has 1 aliphatic heterocycles. The maximum absolute atomic E-state index is 5.77. The molecular weight excluding hydrogens is 254 g/mol. The maximum atomic E-state index is 5.77. The molecule has 1 aliphatic rings. The molecule has 108 valence electrons. The highest BCUT2D eigenvalue weighted by molar-refractivity contribution is 5.49. The van der Waals surface area contributed by atoms with Crippen LogP contribution in [0.4, 0.5) is 5.95 Å². The zero-order chi connectivity index (χ0) is 13.9. The molecule has 1 atom stereocenters. The van der Waals surface area contributed by atoms with Gasteiger partial charge in [0, 0.05) is 19.5 Å². The number of anilines is 1. The van der Waals surface area contributed by atoms with E-state index in [1.807, 2.05) is 12.1 Å².